The third-order valence-corrected chi connectivity index (χ3v) is 7.47. The van der Waals surface area contributed by atoms with Gasteiger partial charge < -0.3 is 9.97 Å². The molecule has 0 bridgehead atoms. The maximum absolute atomic E-state index is 3.64. The highest BCUT2D eigenvalue weighted by atomic mass is 14.7. The Bertz CT molecular complexity index is 1440. The molecule has 0 aliphatic rings. The highest BCUT2D eigenvalue weighted by Gasteiger charge is 2.28. The van der Waals surface area contributed by atoms with Crippen molar-refractivity contribution in [2.45, 2.75) is 80.1 Å². The van der Waals surface area contributed by atoms with E-state index in [1.807, 2.05) is 0 Å². The predicted octanol–water partition coefficient (Wildman–Crippen LogP) is 8.78. The summed E-state index contributed by atoms with van der Waals surface area (Å²) in [6, 6.07) is 9.74. The Labute approximate surface area is 191 Å². The first-order chi connectivity index (χ1) is 14.8. The van der Waals surface area contributed by atoms with Crippen LogP contribution >= 0.6 is 0 Å². The lowest BCUT2D eigenvalue weighted by molar-refractivity contribution is 0.593. The van der Waals surface area contributed by atoms with E-state index in [-0.39, 0.29) is 10.8 Å². The molecular formula is C30H36N2. The molecule has 0 fully saturated rings. The fourth-order valence-corrected chi connectivity index (χ4v) is 5.76. The van der Waals surface area contributed by atoms with Gasteiger partial charge in [-0.05, 0) is 107 Å². The minimum atomic E-state index is 0.0181. The smallest absolute Gasteiger partial charge is 0.0465 e. The summed E-state index contributed by atoms with van der Waals surface area (Å²) in [5.41, 5.74) is 10.6. The first-order valence-electron chi connectivity index (χ1n) is 11.8. The van der Waals surface area contributed by atoms with Crippen LogP contribution < -0.4 is 0 Å². The molecule has 2 heteroatoms. The van der Waals surface area contributed by atoms with Crippen LogP contribution in [0.15, 0.2) is 24.3 Å². The zero-order valence-corrected chi connectivity index (χ0v) is 21.3. The van der Waals surface area contributed by atoms with Crippen molar-refractivity contribution in [3.05, 3.63) is 57.9 Å². The summed E-state index contributed by atoms with van der Waals surface area (Å²) >= 11 is 0. The zero-order chi connectivity index (χ0) is 23.3. The van der Waals surface area contributed by atoms with Crippen LogP contribution in [0.3, 0.4) is 0 Å². The second kappa shape index (κ2) is 6.41. The fourth-order valence-electron chi connectivity index (χ4n) is 5.76. The van der Waals surface area contributed by atoms with E-state index in [9.17, 15) is 0 Å². The average molecular weight is 425 g/mol. The molecule has 0 saturated heterocycles. The van der Waals surface area contributed by atoms with Gasteiger partial charge in [-0.3, -0.25) is 0 Å². The van der Waals surface area contributed by atoms with Crippen molar-refractivity contribution in [2.24, 2.45) is 0 Å². The standard InChI is InChI=1S/C30H36N2/c1-15-17(3)31-25-13-23-21(11-19(15)25)27(29(5,6)7)24-14-26-20(16(2)18(4)32-26)12-22(24)28(23)30(8,9)10/h11-14,31-32H,1-10H3. The van der Waals surface area contributed by atoms with Gasteiger partial charge in [-0.2, -0.15) is 0 Å². The Balaban J connectivity index is 2.15. The molecule has 0 unspecified atom stereocenters. The summed E-state index contributed by atoms with van der Waals surface area (Å²) in [6.45, 7) is 22.9. The van der Waals surface area contributed by atoms with Gasteiger partial charge in [-0.15, -0.1) is 0 Å². The third kappa shape index (κ3) is 2.85. The van der Waals surface area contributed by atoms with Crippen LogP contribution in [0.1, 0.15) is 75.2 Å². The molecule has 0 atom stereocenters. The van der Waals surface area contributed by atoms with Crippen molar-refractivity contribution in [3.63, 3.8) is 0 Å². The van der Waals surface area contributed by atoms with E-state index in [4.69, 9.17) is 0 Å². The Morgan fingerprint density at radius 3 is 1.09 bits per heavy atom. The van der Waals surface area contributed by atoms with Crippen LogP contribution in [0, 0.1) is 27.7 Å². The van der Waals surface area contributed by atoms with E-state index >= 15 is 0 Å². The number of aromatic amines is 2. The molecule has 5 aromatic rings. The van der Waals surface area contributed by atoms with Crippen LogP contribution in [0.2, 0.25) is 0 Å². The number of hydrogen-bond donors (Lipinski definition) is 2. The summed E-state index contributed by atoms with van der Waals surface area (Å²) in [5, 5.41) is 8.23. The van der Waals surface area contributed by atoms with Crippen LogP contribution in [0.5, 0.6) is 0 Å². The lowest BCUT2D eigenvalue weighted by Crippen LogP contribution is -2.17. The highest BCUT2D eigenvalue weighted by Crippen LogP contribution is 2.46. The molecule has 5 rings (SSSR count). The van der Waals surface area contributed by atoms with Gasteiger partial charge >= 0.3 is 0 Å². The summed E-state index contributed by atoms with van der Waals surface area (Å²) in [5.74, 6) is 0. The molecule has 166 valence electrons. The van der Waals surface area contributed by atoms with Crippen molar-refractivity contribution in [1.29, 1.82) is 0 Å². The molecule has 2 nitrogen and oxygen atoms in total. The van der Waals surface area contributed by atoms with E-state index in [1.54, 1.807) is 0 Å². The Morgan fingerprint density at radius 2 is 0.781 bits per heavy atom. The second-order valence-corrected chi connectivity index (χ2v) is 11.9. The fraction of sp³-hybridized carbons (Fsp3) is 0.400. The predicted molar refractivity (Wildman–Crippen MR) is 142 cm³/mol. The molecule has 3 aromatic carbocycles. The molecule has 0 amide bonds. The van der Waals surface area contributed by atoms with Gasteiger partial charge in [0.1, 0.15) is 0 Å². The van der Waals surface area contributed by atoms with Crippen LogP contribution in [0.4, 0.5) is 0 Å². The van der Waals surface area contributed by atoms with Gasteiger partial charge in [0, 0.05) is 33.2 Å². The van der Waals surface area contributed by atoms with Crippen molar-refractivity contribution in [3.8, 4) is 0 Å². The lowest BCUT2D eigenvalue weighted by atomic mass is 9.73. The van der Waals surface area contributed by atoms with Crippen LogP contribution in [-0.4, -0.2) is 9.97 Å². The summed E-state index contributed by atoms with van der Waals surface area (Å²) in [6.07, 6.45) is 0. The molecule has 2 aromatic heterocycles. The zero-order valence-electron chi connectivity index (χ0n) is 21.3. The van der Waals surface area contributed by atoms with Crippen molar-refractivity contribution in [2.75, 3.05) is 0 Å². The summed E-state index contributed by atoms with van der Waals surface area (Å²) in [7, 11) is 0. The van der Waals surface area contributed by atoms with Crippen molar-refractivity contribution >= 4 is 43.4 Å². The topological polar surface area (TPSA) is 31.6 Å². The molecule has 0 saturated carbocycles. The Morgan fingerprint density at radius 1 is 0.469 bits per heavy atom. The van der Waals surface area contributed by atoms with Gasteiger partial charge in [0.05, 0.1) is 0 Å². The third-order valence-electron chi connectivity index (χ3n) is 7.47. The molecule has 2 heterocycles. The molecule has 2 N–H and O–H groups in total. The number of H-pyrrole nitrogens is 2. The number of rotatable bonds is 0. The SMILES string of the molecule is Cc1[nH]c2cc3c(C(C)(C)C)c4cc5c(C)c(C)[nH]c5cc4c(C(C)(C)C)c3cc2c1C. The van der Waals surface area contributed by atoms with Gasteiger partial charge in [-0.25, -0.2) is 0 Å². The van der Waals surface area contributed by atoms with Gasteiger partial charge in [0.2, 0.25) is 0 Å². The largest absolute Gasteiger partial charge is 0.358 e. The van der Waals surface area contributed by atoms with E-state index in [0.717, 1.165) is 0 Å². The van der Waals surface area contributed by atoms with Gasteiger partial charge in [-0.1, -0.05) is 41.5 Å². The maximum Gasteiger partial charge on any atom is 0.0465 e. The quantitative estimate of drug-likeness (QED) is 0.233. The van der Waals surface area contributed by atoms with E-state index in [1.165, 1.54) is 77.0 Å². The maximum atomic E-state index is 3.64. The van der Waals surface area contributed by atoms with Crippen molar-refractivity contribution in [1.82, 2.24) is 9.97 Å². The number of benzene rings is 3. The summed E-state index contributed by atoms with van der Waals surface area (Å²) < 4.78 is 0. The van der Waals surface area contributed by atoms with Crippen LogP contribution in [0.25, 0.3) is 43.4 Å². The average Bonchev–Trinajstić information content (AvgIpc) is 3.09. The monoisotopic (exact) mass is 424 g/mol. The number of hydrogen-bond acceptors (Lipinski definition) is 0. The first kappa shape index (κ1) is 21.1. The Kier molecular flexibility index (Phi) is 4.23. The van der Waals surface area contributed by atoms with E-state index < -0.39 is 0 Å². The lowest BCUT2D eigenvalue weighted by Gasteiger charge is -2.30. The second-order valence-electron chi connectivity index (χ2n) is 11.9. The highest BCUT2D eigenvalue weighted by molar-refractivity contribution is 6.14. The van der Waals surface area contributed by atoms with E-state index in [0.29, 0.717) is 0 Å². The molecule has 0 spiro atoms. The van der Waals surface area contributed by atoms with Crippen molar-refractivity contribution < 1.29 is 0 Å². The van der Waals surface area contributed by atoms with E-state index in [2.05, 4.69) is 103 Å². The first-order valence-corrected chi connectivity index (χ1v) is 11.8. The molecule has 0 radical (unpaired) electrons. The Hall–Kier alpha value is -2.74. The van der Waals surface area contributed by atoms with Crippen LogP contribution in [-0.2, 0) is 10.8 Å². The molecule has 32 heavy (non-hydrogen) atoms. The van der Waals surface area contributed by atoms with Gasteiger partial charge in [0.25, 0.3) is 0 Å². The number of nitrogens with one attached hydrogen (secondary N) is 2. The normalized spacial score (nSPS) is 13.3. The molecule has 0 aliphatic carbocycles. The molecule has 0 aliphatic heterocycles. The summed E-state index contributed by atoms with van der Waals surface area (Å²) in [4.78, 5) is 7.28. The number of fused-ring (bicyclic) bond motifs is 4. The number of aryl methyl sites for hydroxylation is 4. The number of aromatic nitrogens is 2. The van der Waals surface area contributed by atoms with Gasteiger partial charge in [0.15, 0.2) is 0 Å². The molecular weight excluding hydrogens is 388 g/mol. The minimum absolute atomic E-state index is 0.0181. The minimum Gasteiger partial charge on any atom is -0.358 e.